The Labute approximate surface area is 56.8 Å². The molecule has 0 unspecified atom stereocenters. The molecule has 0 N–H and O–H groups in total. The lowest BCUT2D eigenvalue weighted by molar-refractivity contribution is 1.30. The maximum absolute atomic E-state index is 4.08. The van der Waals surface area contributed by atoms with Crippen LogP contribution in [-0.4, -0.2) is 6.21 Å². The van der Waals surface area contributed by atoms with E-state index in [0.717, 1.165) is 5.70 Å². The van der Waals surface area contributed by atoms with Gasteiger partial charge in [0.05, 0.1) is 0 Å². The van der Waals surface area contributed by atoms with E-state index in [2.05, 4.69) is 4.99 Å². The molecular formula is C8H13N. The maximum Gasteiger partial charge on any atom is 0.0330 e. The van der Waals surface area contributed by atoms with Crippen LogP contribution in [0.5, 0.6) is 0 Å². The molecule has 0 heterocycles. The van der Waals surface area contributed by atoms with Crippen molar-refractivity contribution in [2.45, 2.75) is 20.8 Å². The molecule has 1 heteroatoms. The van der Waals surface area contributed by atoms with E-state index in [9.17, 15) is 0 Å². The Morgan fingerprint density at radius 3 is 2.44 bits per heavy atom. The second-order valence-corrected chi connectivity index (χ2v) is 1.73. The van der Waals surface area contributed by atoms with Crippen LogP contribution in [0.15, 0.2) is 28.9 Å². The molecule has 9 heavy (non-hydrogen) atoms. The summed E-state index contributed by atoms with van der Waals surface area (Å²) in [6.45, 7) is 5.92. The molecule has 0 amide bonds. The normalized spacial score (nSPS) is 13.9. The van der Waals surface area contributed by atoms with Gasteiger partial charge in [-0.05, 0) is 26.8 Å². The van der Waals surface area contributed by atoms with Gasteiger partial charge >= 0.3 is 0 Å². The lowest BCUT2D eigenvalue weighted by Crippen LogP contribution is -1.67. The van der Waals surface area contributed by atoms with Gasteiger partial charge in [-0.3, -0.25) is 4.99 Å². The van der Waals surface area contributed by atoms with Crippen molar-refractivity contribution in [2.75, 3.05) is 0 Å². The van der Waals surface area contributed by atoms with Gasteiger partial charge in [0, 0.05) is 11.9 Å². The second-order valence-electron chi connectivity index (χ2n) is 1.73. The first-order chi connectivity index (χ1) is 4.31. The van der Waals surface area contributed by atoms with Gasteiger partial charge in [-0.2, -0.15) is 0 Å². The van der Waals surface area contributed by atoms with E-state index in [1.807, 2.05) is 39.0 Å². The Morgan fingerprint density at radius 2 is 2.00 bits per heavy atom. The number of allylic oxidation sites excluding steroid dienone is 4. The minimum atomic E-state index is 1.05. The zero-order valence-corrected chi connectivity index (χ0v) is 6.26. The molecule has 0 atom stereocenters. The molecule has 0 aromatic carbocycles. The van der Waals surface area contributed by atoms with E-state index in [4.69, 9.17) is 0 Å². The van der Waals surface area contributed by atoms with Gasteiger partial charge in [0.15, 0.2) is 0 Å². The highest BCUT2D eigenvalue weighted by Crippen LogP contribution is 1.90. The molecule has 0 radical (unpaired) electrons. The molecule has 0 aliphatic heterocycles. The lowest BCUT2D eigenvalue weighted by atomic mass is 10.5. The fraction of sp³-hybridized carbons (Fsp3) is 0.375. The first kappa shape index (κ1) is 8.15. The van der Waals surface area contributed by atoms with Crippen LogP contribution in [0, 0.1) is 0 Å². The summed E-state index contributed by atoms with van der Waals surface area (Å²) in [6, 6.07) is 0. The van der Waals surface area contributed by atoms with Crippen LogP contribution in [0.4, 0.5) is 0 Å². The van der Waals surface area contributed by atoms with Crippen LogP contribution in [0.2, 0.25) is 0 Å². The van der Waals surface area contributed by atoms with Gasteiger partial charge < -0.3 is 0 Å². The molecule has 1 nitrogen and oxygen atoms in total. The van der Waals surface area contributed by atoms with E-state index < -0.39 is 0 Å². The van der Waals surface area contributed by atoms with Gasteiger partial charge in [0.25, 0.3) is 0 Å². The van der Waals surface area contributed by atoms with E-state index in [0.29, 0.717) is 0 Å². The van der Waals surface area contributed by atoms with Crippen molar-refractivity contribution in [1.29, 1.82) is 0 Å². The zero-order chi connectivity index (χ0) is 7.11. The van der Waals surface area contributed by atoms with Crippen LogP contribution in [0.1, 0.15) is 20.8 Å². The third-order valence-electron chi connectivity index (χ3n) is 0.974. The lowest BCUT2D eigenvalue weighted by Gasteiger charge is -1.83. The predicted octanol–water partition coefficient (Wildman–Crippen LogP) is 2.56. The second kappa shape index (κ2) is 5.29. The van der Waals surface area contributed by atoms with Crippen molar-refractivity contribution in [3.8, 4) is 0 Å². The molecule has 50 valence electrons. The summed E-state index contributed by atoms with van der Waals surface area (Å²) in [6.07, 6.45) is 7.62. The minimum absolute atomic E-state index is 1.05. The van der Waals surface area contributed by atoms with E-state index >= 15 is 0 Å². The number of aliphatic imine (C=N–C) groups is 1. The van der Waals surface area contributed by atoms with Crippen LogP contribution < -0.4 is 0 Å². The summed E-state index contributed by atoms with van der Waals surface area (Å²) in [5, 5.41) is 0. The van der Waals surface area contributed by atoms with E-state index in [1.165, 1.54) is 0 Å². The standard InChI is InChI=1S/C8H13N/c1-4-6-7-9-8(3)5-2/h4-7H,1-3H3/b6-4-,8-5?,9-7-. The summed E-state index contributed by atoms with van der Waals surface area (Å²) < 4.78 is 0. The first-order valence-corrected chi connectivity index (χ1v) is 3.09. The summed E-state index contributed by atoms with van der Waals surface area (Å²) in [5.41, 5.74) is 1.05. The fourth-order valence-electron chi connectivity index (χ4n) is 0.321. The number of hydrogen-bond acceptors (Lipinski definition) is 1. The van der Waals surface area contributed by atoms with Gasteiger partial charge in [-0.25, -0.2) is 0 Å². The molecule has 0 aliphatic rings. The summed E-state index contributed by atoms with van der Waals surface area (Å²) in [7, 11) is 0. The first-order valence-electron chi connectivity index (χ1n) is 3.09. The smallest absolute Gasteiger partial charge is 0.0330 e. The molecule has 0 rings (SSSR count). The van der Waals surface area contributed by atoms with Crippen LogP contribution in [0.3, 0.4) is 0 Å². The van der Waals surface area contributed by atoms with Gasteiger partial charge in [0.2, 0.25) is 0 Å². The monoisotopic (exact) mass is 123 g/mol. The molecule has 0 aliphatic carbocycles. The maximum atomic E-state index is 4.08. The SMILES string of the molecule is CC=C(C)/N=C\C=C/C. The average Bonchev–Trinajstić information content (AvgIpc) is 1.89. The molecule has 0 saturated carbocycles. The third kappa shape index (κ3) is 5.01. The predicted molar refractivity (Wildman–Crippen MR) is 42.7 cm³/mol. The summed E-state index contributed by atoms with van der Waals surface area (Å²) >= 11 is 0. The van der Waals surface area contributed by atoms with Crippen LogP contribution >= 0.6 is 0 Å². The average molecular weight is 123 g/mol. The van der Waals surface area contributed by atoms with Crippen molar-refractivity contribution < 1.29 is 0 Å². The largest absolute Gasteiger partial charge is 0.262 e. The quantitative estimate of drug-likeness (QED) is 0.500. The van der Waals surface area contributed by atoms with Crippen molar-refractivity contribution in [3.63, 3.8) is 0 Å². The molecule has 0 bridgehead atoms. The minimum Gasteiger partial charge on any atom is -0.262 e. The van der Waals surface area contributed by atoms with Gasteiger partial charge in [-0.1, -0.05) is 12.2 Å². The molecule has 0 fully saturated rings. The van der Waals surface area contributed by atoms with E-state index in [1.54, 1.807) is 6.21 Å². The van der Waals surface area contributed by atoms with Crippen molar-refractivity contribution in [3.05, 3.63) is 23.9 Å². The fourth-order valence-corrected chi connectivity index (χ4v) is 0.321. The Kier molecular flexibility index (Phi) is 4.79. The number of nitrogens with zero attached hydrogens (tertiary/aromatic N) is 1. The topological polar surface area (TPSA) is 12.4 Å². The number of rotatable bonds is 2. The Bertz CT molecular complexity index is 141. The Hall–Kier alpha value is -0.850. The van der Waals surface area contributed by atoms with E-state index in [-0.39, 0.29) is 0 Å². The zero-order valence-electron chi connectivity index (χ0n) is 6.26. The summed E-state index contributed by atoms with van der Waals surface area (Å²) in [4.78, 5) is 4.08. The highest BCUT2D eigenvalue weighted by molar-refractivity contribution is 5.71. The molecular weight excluding hydrogens is 110 g/mol. The van der Waals surface area contributed by atoms with Crippen molar-refractivity contribution >= 4 is 6.21 Å². The van der Waals surface area contributed by atoms with Crippen molar-refractivity contribution in [2.24, 2.45) is 4.99 Å². The highest BCUT2D eigenvalue weighted by Gasteiger charge is 1.72. The van der Waals surface area contributed by atoms with Gasteiger partial charge in [-0.15, -0.1) is 0 Å². The van der Waals surface area contributed by atoms with Crippen LogP contribution in [-0.2, 0) is 0 Å². The van der Waals surface area contributed by atoms with Crippen molar-refractivity contribution in [1.82, 2.24) is 0 Å². The molecule has 0 aromatic heterocycles. The molecule has 0 spiro atoms. The third-order valence-corrected chi connectivity index (χ3v) is 0.974. The van der Waals surface area contributed by atoms with Crippen LogP contribution in [0.25, 0.3) is 0 Å². The molecule has 0 saturated heterocycles. The Morgan fingerprint density at radius 1 is 1.33 bits per heavy atom. The highest BCUT2D eigenvalue weighted by atomic mass is 14.7. The van der Waals surface area contributed by atoms with Gasteiger partial charge in [0.1, 0.15) is 0 Å². The number of hydrogen-bond donors (Lipinski definition) is 0. The summed E-state index contributed by atoms with van der Waals surface area (Å²) in [5.74, 6) is 0. The molecule has 0 aromatic rings. The Balaban J connectivity index is 3.71.